The Morgan fingerprint density at radius 3 is 2.63 bits per heavy atom. The number of likely N-dealkylation sites (tertiary alicyclic amines) is 1. The zero-order valence-corrected chi connectivity index (χ0v) is 18.5. The van der Waals surface area contributed by atoms with Gasteiger partial charge in [-0.2, -0.15) is 5.10 Å². The molecule has 1 aromatic rings. The fraction of sp³-hybridized carbons (Fsp3) is 0.762. The number of hydrogen-bond donors (Lipinski definition) is 1. The second-order valence-corrected chi connectivity index (χ2v) is 9.70. The van der Waals surface area contributed by atoms with E-state index in [1.54, 1.807) is 17.9 Å². The Hall–Kier alpha value is -2.03. The van der Waals surface area contributed by atoms with Crippen LogP contribution in [0.3, 0.4) is 0 Å². The number of hydrazone groups is 1. The predicted octanol–water partition coefficient (Wildman–Crippen LogP) is 3.18. The number of carbonyl (C=O) groups is 1. The molecule has 3 heterocycles. The summed E-state index contributed by atoms with van der Waals surface area (Å²) in [7, 11) is 0. The zero-order valence-electron chi connectivity index (χ0n) is 18.5. The van der Waals surface area contributed by atoms with Crippen LogP contribution in [-0.2, 0) is 4.79 Å². The maximum atomic E-state index is 13.6. The lowest BCUT2D eigenvalue weighted by Gasteiger charge is -2.32. The van der Waals surface area contributed by atoms with Gasteiger partial charge in [0.15, 0.2) is 0 Å². The van der Waals surface area contributed by atoms with Crippen molar-refractivity contribution < 1.29 is 23.2 Å². The molecule has 9 heteroatoms. The Morgan fingerprint density at radius 1 is 1.43 bits per heavy atom. The van der Waals surface area contributed by atoms with Crippen molar-refractivity contribution in [1.29, 1.82) is 0 Å². The summed E-state index contributed by atoms with van der Waals surface area (Å²) in [6.45, 7) is 9.96. The maximum absolute atomic E-state index is 13.6. The van der Waals surface area contributed by atoms with E-state index in [0.717, 1.165) is 6.92 Å². The van der Waals surface area contributed by atoms with E-state index < -0.39 is 36.1 Å². The third-order valence-electron chi connectivity index (χ3n) is 5.82. The van der Waals surface area contributed by atoms with Gasteiger partial charge in [0.2, 0.25) is 5.91 Å². The largest absolute Gasteiger partial charge is 0.391 e. The molecule has 1 N–H and O–H groups in total. The van der Waals surface area contributed by atoms with E-state index >= 15 is 0 Å². The number of alkyl halides is 2. The van der Waals surface area contributed by atoms with Crippen molar-refractivity contribution in [2.45, 2.75) is 83.9 Å². The molecular weight excluding hydrogens is 394 g/mol. The molecule has 0 spiro atoms. The van der Waals surface area contributed by atoms with E-state index in [0.29, 0.717) is 30.0 Å². The Balaban J connectivity index is 1.88. The van der Waals surface area contributed by atoms with Crippen LogP contribution in [0.1, 0.15) is 64.8 Å². The van der Waals surface area contributed by atoms with Gasteiger partial charge in [0.25, 0.3) is 5.92 Å². The van der Waals surface area contributed by atoms with E-state index in [4.69, 9.17) is 4.52 Å². The summed E-state index contributed by atoms with van der Waals surface area (Å²) < 4.78 is 32.7. The Labute approximate surface area is 176 Å². The number of β-amino-alcohol motifs (C(OH)–C–C–N with tert-alkyl or cyclic N) is 1. The number of aromatic nitrogens is 1. The molecule has 0 aliphatic carbocycles. The first-order valence-electron chi connectivity index (χ1n) is 10.4. The SMILES string of the molecule is Cc1cc([C@@H](C(=O)N2C[C@H](O)C[C@H]2C2=NN(CC(C)(F)F)C(C)(C)C2)C(C)C)on1. The maximum Gasteiger partial charge on any atom is 0.264 e. The van der Waals surface area contributed by atoms with Gasteiger partial charge in [-0.05, 0) is 26.7 Å². The molecule has 0 radical (unpaired) electrons. The summed E-state index contributed by atoms with van der Waals surface area (Å²) in [5.74, 6) is -3.13. The van der Waals surface area contributed by atoms with E-state index in [2.05, 4.69) is 10.3 Å². The minimum atomic E-state index is -2.88. The molecule has 0 bridgehead atoms. The molecule has 1 saturated heterocycles. The summed E-state index contributed by atoms with van der Waals surface area (Å²) in [6.07, 6.45) is 0.116. The van der Waals surface area contributed by atoms with Gasteiger partial charge in [-0.1, -0.05) is 19.0 Å². The van der Waals surface area contributed by atoms with Gasteiger partial charge in [-0.15, -0.1) is 0 Å². The number of rotatable bonds is 6. The minimum Gasteiger partial charge on any atom is -0.391 e. The molecular formula is C21H32F2N4O3. The second-order valence-electron chi connectivity index (χ2n) is 9.70. The number of aliphatic hydroxyl groups is 1. The van der Waals surface area contributed by atoms with Crippen molar-refractivity contribution in [3.05, 3.63) is 17.5 Å². The summed E-state index contributed by atoms with van der Waals surface area (Å²) in [5, 5.41) is 20.1. The number of aryl methyl sites for hydroxylation is 1. The smallest absolute Gasteiger partial charge is 0.264 e. The lowest BCUT2D eigenvalue weighted by molar-refractivity contribution is -0.134. The third-order valence-corrected chi connectivity index (χ3v) is 5.82. The van der Waals surface area contributed by atoms with Crippen LogP contribution < -0.4 is 0 Å². The van der Waals surface area contributed by atoms with E-state index in [1.807, 2.05) is 27.7 Å². The highest BCUT2D eigenvalue weighted by Gasteiger charge is 2.47. The number of nitrogens with zero attached hydrogens (tertiary/aromatic N) is 4. The number of aliphatic hydroxyl groups excluding tert-OH is 1. The van der Waals surface area contributed by atoms with E-state index in [-0.39, 0.29) is 18.4 Å². The van der Waals surface area contributed by atoms with Crippen molar-refractivity contribution in [3.8, 4) is 0 Å². The van der Waals surface area contributed by atoms with Crippen LogP contribution in [0.15, 0.2) is 15.7 Å². The second kappa shape index (κ2) is 7.90. The van der Waals surface area contributed by atoms with Crippen molar-refractivity contribution >= 4 is 11.6 Å². The zero-order chi connectivity index (χ0) is 22.4. The van der Waals surface area contributed by atoms with Crippen molar-refractivity contribution in [2.24, 2.45) is 11.0 Å². The molecule has 0 saturated carbocycles. The van der Waals surface area contributed by atoms with E-state index in [1.165, 1.54) is 5.01 Å². The highest BCUT2D eigenvalue weighted by Crippen LogP contribution is 2.36. The lowest BCUT2D eigenvalue weighted by Crippen LogP contribution is -2.45. The van der Waals surface area contributed by atoms with Crippen molar-refractivity contribution in [3.63, 3.8) is 0 Å². The molecule has 0 aromatic carbocycles. The van der Waals surface area contributed by atoms with Gasteiger partial charge in [-0.25, -0.2) is 8.78 Å². The fourth-order valence-corrected chi connectivity index (χ4v) is 4.37. The molecule has 3 rings (SSSR count). The summed E-state index contributed by atoms with van der Waals surface area (Å²) in [4.78, 5) is 15.2. The first-order valence-corrected chi connectivity index (χ1v) is 10.4. The molecule has 168 valence electrons. The third kappa shape index (κ3) is 4.66. The summed E-state index contributed by atoms with van der Waals surface area (Å²) in [6, 6.07) is 1.33. The Morgan fingerprint density at radius 2 is 2.10 bits per heavy atom. The molecule has 1 amide bonds. The standard InChI is InChI=1S/C21H32F2N4O3/c1-12(2)18(17-7-13(3)25-30-17)19(29)26-10-14(28)8-16(26)15-9-20(4,5)27(24-15)11-21(6,22)23/h7,12,14,16,18,28H,8-11H2,1-6H3/t14-,16+,18+/m1/s1. The summed E-state index contributed by atoms with van der Waals surface area (Å²) in [5.41, 5.74) is 0.765. The number of hydrogen-bond acceptors (Lipinski definition) is 6. The molecule has 1 fully saturated rings. The molecule has 1 aromatic heterocycles. The van der Waals surface area contributed by atoms with Crippen molar-refractivity contribution in [1.82, 2.24) is 15.1 Å². The normalized spacial score (nSPS) is 25.2. The van der Waals surface area contributed by atoms with Gasteiger partial charge in [0.1, 0.15) is 18.2 Å². The van der Waals surface area contributed by atoms with Crippen molar-refractivity contribution in [2.75, 3.05) is 13.1 Å². The average Bonchev–Trinajstić information content (AvgIpc) is 3.24. The van der Waals surface area contributed by atoms with Crippen LogP contribution in [0, 0.1) is 12.8 Å². The Bertz CT molecular complexity index is 815. The Kier molecular flexibility index (Phi) is 5.97. The molecule has 0 unspecified atom stereocenters. The topological polar surface area (TPSA) is 82.2 Å². The van der Waals surface area contributed by atoms with Crippen LogP contribution >= 0.6 is 0 Å². The molecule has 7 nitrogen and oxygen atoms in total. The lowest BCUT2D eigenvalue weighted by atomic mass is 9.90. The van der Waals surface area contributed by atoms with Crippen LogP contribution in [0.5, 0.6) is 0 Å². The van der Waals surface area contributed by atoms with Gasteiger partial charge in [0, 0.05) is 32.4 Å². The van der Waals surface area contributed by atoms with Gasteiger partial charge in [-0.3, -0.25) is 9.80 Å². The van der Waals surface area contributed by atoms with Crippen LogP contribution in [0.2, 0.25) is 0 Å². The number of amides is 1. The molecule has 3 atom stereocenters. The summed E-state index contributed by atoms with van der Waals surface area (Å²) >= 11 is 0. The van der Waals surface area contributed by atoms with E-state index in [9.17, 15) is 18.7 Å². The minimum absolute atomic E-state index is 0.0412. The quantitative estimate of drug-likeness (QED) is 0.756. The predicted molar refractivity (Wildman–Crippen MR) is 108 cm³/mol. The van der Waals surface area contributed by atoms with Crippen LogP contribution in [0.25, 0.3) is 0 Å². The highest BCUT2D eigenvalue weighted by atomic mass is 19.3. The molecule has 2 aliphatic heterocycles. The molecule has 30 heavy (non-hydrogen) atoms. The number of halogens is 2. The first-order chi connectivity index (χ1) is 13.8. The highest BCUT2D eigenvalue weighted by molar-refractivity contribution is 5.96. The molecule has 2 aliphatic rings. The monoisotopic (exact) mass is 426 g/mol. The van der Waals surface area contributed by atoms with Gasteiger partial charge >= 0.3 is 0 Å². The van der Waals surface area contributed by atoms with Gasteiger partial charge < -0.3 is 14.5 Å². The average molecular weight is 427 g/mol. The fourth-order valence-electron chi connectivity index (χ4n) is 4.37. The number of carbonyl (C=O) groups excluding carboxylic acids is 1. The van der Waals surface area contributed by atoms with Gasteiger partial charge in [0.05, 0.1) is 29.1 Å². The first kappa shape index (κ1) is 22.7. The van der Waals surface area contributed by atoms with Crippen LogP contribution in [-0.4, -0.2) is 68.5 Å². The van der Waals surface area contributed by atoms with Crippen LogP contribution in [0.4, 0.5) is 8.78 Å².